The van der Waals surface area contributed by atoms with Crippen LogP contribution in [0.25, 0.3) is 16.9 Å². The van der Waals surface area contributed by atoms with Gasteiger partial charge >= 0.3 is 0 Å². The van der Waals surface area contributed by atoms with Crippen LogP contribution in [-0.2, 0) is 0 Å². The summed E-state index contributed by atoms with van der Waals surface area (Å²) in [6.07, 6.45) is 2.58. The van der Waals surface area contributed by atoms with Crippen LogP contribution in [0.5, 0.6) is 0 Å². The topological polar surface area (TPSA) is 111 Å². The van der Waals surface area contributed by atoms with Gasteiger partial charge < -0.3 is 10.6 Å². The molecular weight excluding hydrogens is 430 g/mol. The van der Waals surface area contributed by atoms with Crippen molar-refractivity contribution < 1.29 is 14.4 Å². The number of amides is 2. The van der Waals surface area contributed by atoms with Crippen LogP contribution in [-0.4, -0.2) is 50.0 Å². The highest BCUT2D eigenvalue weighted by atomic mass is 16.2. The molecule has 34 heavy (non-hydrogen) atoms. The van der Waals surface area contributed by atoms with E-state index < -0.39 is 5.91 Å². The molecule has 2 aromatic heterocycles. The molecule has 8 heteroatoms. The molecule has 0 unspecified atom stereocenters. The lowest BCUT2D eigenvalue weighted by Crippen LogP contribution is -2.41. The van der Waals surface area contributed by atoms with E-state index in [1.807, 2.05) is 60.7 Å². The van der Waals surface area contributed by atoms with Gasteiger partial charge in [-0.05, 0) is 18.9 Å². The minimum absolute atomic E-state index is 0.0130. The Morgan fingerprint density at radius 2 is 1.56 bits per heavy atom. The first-order valence-electron chi connectivity index (χ1n) is 11.1. The number of imidazole rings is 1. The number of carbonyl (C=O) groups is 3. The first-order chi connectivity index (χ1) is 16.5. The quantitative estimate of drug-likeness (QED) is 0.467. The number of benzene rings is 2. The van der Waals surface area contributed by atoms with Gasteiger partial charge in [0.1, 0.15) is 12.0 Å². The number of likely N-dealkylation sites (tertiary alicyclic amines) is 1. The average molecular weight is 454 g/mol. The van der Waals surface area contributed by atoms with E-state index in [2.05, 4.69) is 9.97 Å². The van der Waals surface area contributed by atoms with Crippen LogP contribution < -0.4 is 5.73 Å². The number of piperidine rings is 1. The Bertz CT molecular complexity index is 1370. The molecule has 1 aliphatic heterocycles. The third-order valence-electron chi connectivity index (χ3n) is 6.23. The molecule has 2 aromatic carbocycles. The van der Waals surface area contributed by atoms with Gasteiger partial charge in [-0.1, -0.05) is 60.7 Å². The molecule has 0 atom stereocenters. The van der Waals surface area contributed by atoms with Crippen LogP contribution in [0.3, 0.4) is 0 Å². The van der Waals surface area contributed by atoms with Crippen LogP contribution in [0.15, 0.2) is 73.1 Å². The number of fused-ring (bicyclic) bond motifs is 1. The van der Waals surface area contributed by atoms with E-state index in [1.54, 1.807) is 11.0 Å². The van der Waals surface area contributed by atoms with Crippen molar-refractivity contribution in [1.29, 1.82) is 0 Å². The van der Waals surface area contributed by atoms with Crippen LogP contribution >= 0.6 is 0 Å². The molecule has 0 aliphatic carbocycles. The van der Waals surface area contributed by atoms with E-state index in [9.17, 15) is 14.4 Å². The first-order valence-corrected chi connectivity index (χ1v) is 11.1. The van der Waals surface area contributed by atoms with E-state index in [-0.39, 0.29) is 28.9 Å². The van der Waals surface area contributed by atoms with Gasteiger partial charge in [0.25, 0.3) is 11.8 Å². The van der Waals surface area contributed by atoms with E-state index in [4.69, 9.17) is 5.73 Å². The van der Waals surface area contributed by atoms with E-state index in [0.717, 1.165) is 5.56 Å². The summed E-state index contributed by atoms with van der Waals surface area (Å²) >= 11 is 0. The summed E-state index contributed by atoms with van der Waals surface area (Å²) in [6, 6.07) is 20.4. The Kier molecular flexibility index (Phi) is 5.63. The molecule has 0 radical (unpaired) electrons. The SMILES string of the molecule is NC(=O)c1ncn2c(C(=O)N3CCC(C(=O)c4ccccc4)CC3)cc(-c3ccccc3)nc12. The van der Waals surface area contributed by atoms with Gasteiger partial charge in [0.2, 0.25) is 0 Å². The van der Waals surface area contributed by atoms with Crippen molar-refractivity contribution in [2.24, 2.45) is 11.7 Å². The highest BCUT2D eigenvalue weighted by Crippen LogP contribution is 2.26. The fourth-order valence-corrected chi connectivity index (χ4v) is 4.41. The smallest absolute Gasteiger partial charge is 0.271 e. The Morgan fingerprint density at radius 3 is 2.21 bits per heavy atom. The molecule has 8 nitrogen and oxygen atoms in total. The van der Waals surface area contributed by atoms with Crippen LogP contribution in [0.2, 0.25) is 0 Å². The van der Waals surface area contributed by atoms with Crippen molar-refractivity contribution in [2.75, 3.05) is 13.1 Å². The molecule has 0 bridgehead atoms. The zero-order valence-corrected chi connectivity index (χ0v) is 18.4. The van der Waals surface area contributed by atoms with Crippen molar-refractivity contribution in [1.82, 2.24) is 19.3 Å². The molecule has 0 spiro atoms. The second-order valence-electron chi connectivity index (χ2n) is 8.34. The number of ketones is 1. The number of primary amides is 1. The summed E-state index contributed by atoms with van der Waals surface area (Å²) in [5, 5.41) is 0. The number of nitrogens with two attached hydrogens (primary N) is 1. The van der Waals surface area contributed by atoms with Gasteiger partial charge in [-0.3, -0.25) is 18.8 Å². The predicted molar refractivity (Wildman–Crippen MR) is 126 cm³/mol. The lowest BCUT2D eigenvalue weighted by Gasteiger charge is -2.31. The van der Waals surface area contributed by atoms with Gasteiger partial charge in [0.15, 0.2) is 17.1 Å². The van der Waals surface area contributed by atoms with Gasteiger partial charge in [-0.25, -0.2) is 9.97 Å². The van der Waals surface area contributed by atoms with Gasteiger partial charge in [-0.15, -0.1) is 0 Å². The maximum atomic E-state index is 13.6. The lowest BCUT2D eigenvalue weighted by molar-refractivity contribution is 0.0644. The summed E-state index contributed by atoms with van der Waals surface area (Å²) in [4.78, 5) is 48.7. The predicted octanol–water partition coefficient (Wildman–Crippen LogP) is 3.23. The van der Waals surface area contributed by atoms with Crippen LogP contribution in [0.4, 0.5) is 0 Å². The third kappa shape index (κ3) is 3.94. The summed E-state index contributed by atoms with van der Waals surface area (Å²) in [5.74, 6) is -0.910. The lowest BCUT2D eigenvalue weighted by atomic mass is 9.89. The highest BCUT2D eigenvalue weighted by Gasteiger charge is 2.30. The Hall–Kier alpha value is -4.33. The number of aromatic nitrogens is 3. The zero-order chi connectivity index (χ0) is 23.7. The molecule has 1 saturated heterocycles. The van der Waals surface area contributed by atoms with Gasteiger partial charge in [0, 0.05) is 30.1 Å². The standard InChI is InChI=1S/C26H23N5O3/c27-24(33)22-25-29-20(17-7-3-1-4-8-17)15-21(31(25)16-28-22)26(34)30-13-11-19(12-14-30)23(32)18-9-5-2-6-10-18/h1-10,15-16,19H,11-14H2,(H2,27,33). The summed E-state index contributed by atoms with van der Waals surface area (Å²) in [5.41, 5.74) is 8.15. The fraction of sp³-hybridized carbons (Fsp3) is 0.192. The van der Waals surface area contributed by atoms with E-state index in [0.29, 0.717) is 42.9 Å². The number of hydrogen-bond donors (Lipinski definition) is 1. The molecule has 4 aromatic rings. The molecular formula is C26H23N5O3. The number of carbonyl (C=O) groups excluding carboxylic acids is 3. The zero-order valence-electron chi connectivity index (χ0n) is 18.4. The number of nitrogens with zero attached hydrogens (tertiary/aromatic N) is 4. The van der Waals surface area contributed by atoms with Gasteiger partial charge in [-0.2, -0.15) is 0 Å². The first kappa shape index (κ1) is 21.5. The second kappa shape index (κ2) is 8.90. The van der Waals surface area contributed by atoms with Crippen LogP contribution in [0.1, 0.15) is 44.2 Å². The molecule has 5 rings (SSSR count). The van der Waals surface area contributed by atoms with Crippen molar-refractivity contribution in [3.8, 4) is 11.3 Å². The molecule has 2 amide bonds. The van der Waals surface area contributed by atoms with E-state index in [1.165, 1.54) is 10.7 Å². The maximum absolute atomic E-state index is 13.6. The summed E-state index contributed by atoms with van der Waals surface area (Å²) < 4.78 is 1.51. The number of Topliss-reactive ketones (excluding diaryl/α,β-unsaturated/α-hetero) is 1. The second-order valence-corrected chi connectivity index (χ2v) is 8.34. The molecule has 0 saturated carbocycles. The fourth-order valence-electron chi connectivity index (χ4n) is 4.41. The Balaban J connectivity index is 1.44. The minimum Gasteiger partial charge on any atom is -0.364 e. The maximum Gasteiger partial charge on any atom is 0.271 e. The monoisotopic (exact) mass is 453 g/mol. The molecule has 1 fully saturated rings. The molecule has 1 aliphatic rings. The molecule has 3 heterocycles. The summed E-state index contributed by atoms with van der Waals surface area (Å²) in [6.45, 7) is 0.924. The highest BCUT2D eigenvalue weighted by molar-refractivity contribution is 6.00. The largest absolute Gasteiger partial charge is 0.364 e. The van der Waals surface area contributed by atoms with Crippen LogP contribution in [0, 0.1) is 5.92 Å². The van der Waals surface area contributed by atoms with Crippen molar-refractivity contribution in [3.63, 3.8) is 0 Å². The average Bonchev–Trinajstić information content (AvgIpc) is 3.33. The number of hydrogen-bond acceptors (Lipinski definition) is 5. The molecule has 170 valence electrons. The van der Waals surface area contributed by atoms with Crippen molar-refractivity contribution in [2.45, 2.75) is 12.8 Å². The van der Waals surface area contributed by atoms with Gasteiger partial charge in [0.05, 0.1) is 5.69 Å². The normalized spacial score (nSPS) is 14.3. The summed E-state index contributed by atoms with van der Waals surface area (Å²) in [7, 11) is 0. The Labute approximate surface area is 196 Å². The number of rotatable bonds is 5. The minimum atomic E-state index is -0.709. The molecule has 2 N–H and O–H groups in total. The van der Waals surface area contributed by atoms with Crippen molar-refractivity contribution >= 4 is 23.2 Å². The van der Waals surface area contributed by atoms with Crippen molar-refractivity contribution in [3.05, 3.63) is 90.0 Å². The van der Waals surface area contributed by atoms with E-state index >= 15 is 0 Å². The Morgan fingerprint density at radius 1 is 0.912 bits per heavy atom. The third-order valence-corrected chi connectivity index (χ3v) is 6.23.